The van der Waals surface area contributed by atoms with Gasteiger partial charge in [-0.25, -0.2) is 0 Å². The molecule has 0 bridgehead atoms. The molecule has 0 aliphatic heterocycles. The van der Waals surface area contributed by atoms with E-state index in [1.54, 1.807) is 0 Å². The van der Waals surface area contributed by atoms with Crippen molar-refractivity contribution in [1.29, 1.82) is 0 Å². The van der Waals surface area contributed by atoms with Crippen LogP contribution in [0.25, 0.3) is 0 Å². The normalized spacial score (nSPS) is 15.5. The van der Waals surface area contributed by atoms with Gasteiger partial charge in [0.05, 0.1) is 0 Å². The van der Waals surface area contributed by atoms with Crippen LogP contribution in [0.2, 0.25) is 0 Å². The van der Waals surface area contributed by atoms with E-state index >= 15 is 0 Å². The molecule has 5 nitrogen and oxygen atoms in total. The van der Waals surface area contributed by atoms with E-state index in [1.165, 1.54) is 0 Å². The van der Waals surface area contributed by atoms with Crippen LogP contribution in [0.3, 0.4) is 0 Å². The van der Waals surface area contributed by atoms with Crippen molar-refractivity contribution in [1.82, 2.24) is 0 Å². The number of rotatable bonds is 5. The van der Waals surface area contributed by atoms with Crippen LogP contribution in [0, 0.1) is 10.1 Å². The predicted octanol–water partition coefficient (Wildman–Crippen LogP) is 0.250. The summed E-state index contributed by atoms with van der Waals surface area (Å²) in [5, 5.41) is 10.7. The molecule has 0 aromatic heterocycles. The average Bonchev–Trinajstić information content (AvgIpc) is 2.29. The van der Waals surface area contributed by atoms with Crippen LogP contribution in [0.1, 0.15) is 18.9 Å². The molecule has 0 fully saturated rings. The van der Waals surface area contributed by atoms with Gasteiger partial charge in [0, 0.05) is 4.92 Å². The summed E-state index contributed by atoms with van der Waals surface area (Å²) < 4.78 is 0. The summed E-state index contributed by atoms with van der Waals surface area (Å²) in [5.74, 6) is 0. The average molecular weight is 263 g/mol. The molecule has 0 saturated carbocycles. The molecule has 17 heavy (non-hydrogen) atoms. The van der Waals surface area contributed by atoms with Crippen LogP contribution in [0.5, 0.6) is 0 Å². The van der Waals surface area contributed by atoms with E-state index in [-0.39, 0.29) is 51.4 Å². The summed E-state index contributed by atoms with van der Waals surface area (Å²) in [4.78, 5) is 10.2. The summed E-state index contributed by atoms with van der Waals surface area (Å²) in [6.07, 6.45) is -0.367. The Kier molecular flexibility index (Phi) is 7.65. The quantitative estimate of drug-likeness (QED) is 0.344. The van der Waals surface area contributed by atoms with E-state index in [0.29, 0.717) is 12.8 Å². The maximum absolute atomic E-state index is 10.7. The molecule has 1 rings (SSSR count). The van der Waals surface area contributed by atoms with Crippen molar-refractivity contribution in [2.75, 3.05) is 0 Å². The van der Waals surface area contributed by atoms with Gasteiger partial charge < -0.3 is 5.73 Å². The molecule has 0 aliphatic rings. The summed E-state index contributed by atoms with van der Waals surface area (Å²) in [6.45, 7) is 1.81. The molecule has 0 spiro atoms. The number of nitro groups is 1. The minimum atomic E-state index is -1.24. The molecule has 0 aliphatic carbocycles. The van der Waals surface area contributed by atoms with Crippen molar-refractivity contribution in [3.8, 4) is 0 Å². The molecule has 0 heterocycles. The van der Waals surface area contributed by atoms with Crippen molar-refractivity contribution in [3.05, 3.63) is 46.0 Å². The summed E-state index contributed by atoms with van der Waals surface area (Å²) in [6, 6.07) is 9.43. The van der Waals surface area contributed by atoms with Crippen LogP contribution in [0.15, 0.2) is 30.3 Å². The number of nitrogens with two attached hydrogens (primary N) is 2. The second kappa shape index (κ2) is 7.58. The molecular formula is C11H18KN3O2. The molecule has 0 radical (unpaired) electrons. The Morgan fingerprint density at radius 3 is 2.35 bits per heavy atom. The summed E-state index contributed by atoms with van der Waals surface area (Å²) in [7, 11) is 0. The zero-order valence-electron chi connectivity index (χ0n) is 9.30. The Morgan fingerprint density at radius 2 is 1.94 bits per heavy atom. The van der Waals surface area contributed by atoms with Gasteiger partial charge in [-0.15, -0.1) is 0 Å². The first-order valence-corrected chi connectivity index (χ1v) is 5.21. The van der Waals surface area contributed by atoms with Gasteiger partial charge in [-0.05, 0) is 18.4 Å². The first kappa shape index (κ1) is 17.2. The van der Waals surface area contributed by atoms with Crippen LogP contribution < -0.4 is 11.5 Å². The van der Waals surface area contributed by atoms with Gasteiger partial charge in [-0.3, -0.25) is 15.8 Å². The third kappa shape index (κ3) is 4.74. The first-order chi connectivity index (χ1) is 7.49. The van der Waals surface area contributed by atoms with Gasteiger partial charge in [-0.2, -0.15) is 0 Å². The molecule has 6 heteroatoms. The number of hydrogen-bond acceptors (Lipinski definition) is 4. The number of nitrogens with zero attached hydrogens (tertiary/aromatic N) is 1. The second-order valence-corrected chi connectivity index (χ2v) is 3.98. The Labute approximate surface area is 144 Å². The maximum atomic E-state index is 10.7. The van der Waals surface area contributed by atoms with Gasteiger partial charge in [0.15, 0.2) is 0 Å². The number of benzene rings is 1. The van der Waals surface area contributed by atoms with Crippen LogP contribution in [0.4, 0.5) is 0 Å². The fourth-order valence-corrected chi connectivity index (χ4v) is 1.62. The van der Waals surface area contributed by atoms with Crippen molar-refractivity contribution < 1.29 is 4.92 Å². The Morgan fingerprint density at radius 1 is 1.41 bits per heavy atom. The molecule has 1 aromatic carbocycles. The standard InChI is InChI=1S/C11H17N3O2.K.H/c1-2-11(13,10(12)14(15)16)8-9-6-4-3-5-7-9;;/h3-7,10H,2,8,12-13H2,1H3;;. The summed E-state index contributed by atoms with van der Waals surface area (Å²) >= 11 is 0. The third-order valence-corrected chi connectivity index (χ3v) is 2.85. The molecule has 4 N–H and O–H groups in total. The molecule has 0 amide bonds. The van der Waals surface area contributed by atoms with E-state index in [2.05, 4.69) is 0 Å². The van der Waals surface area contributed by atoms with Gasteiger partial charge >= 0.3 is 51.4 Å². The molecular weight excluding hydrogens is 245 g/mol. The van der Waals surface area contributed by atoms with Crippen LogP contribution >= 0.6 is 0 Å². The second-order valence-electron chi connectivity index (χ2n) is 3.98. The van der Waals surface area contributed by atoms with Crippen LogP contribution in [-0.4, -0.2) is 68.0 Å². The molecule has 2 unspecified atom stereocenters. The van der Waals surface area contributed by atoms with Crippen molar-refractivity contribution in [2.45, 2.75) is 31.5 Å². The zero-order chi connectivity index (χ0) is 12.2. The molecule has 0 saturated heterocycles. The first-order valence-electron chi connectivity index (χ1n) is 5.21. The third-order valence-electron chi connectivity index (χ3n) is 2.85. The van der Waals surface area contributed by atoms with E-state index in [1.807, 2.05) is 37.3 Å². The fourth-order valence-electron chi connectivity index (χ4n) is 1.62. The van der Waals surface area contributed by atoms with Crippen molar-refractivity contribution in [2.24, 2.45) is 11.5 Å². The monoisotopic (exact) mass is 263 g/mol. The van der Waals surface area contributed by atoms with Gasteiger partial charge in [0.2, 0.25) is 0 Å². The van der Waals surface area contributed by atoms with Gasteiger partial charge in [0.25, 0.3) is 6.17 Å². The Balaban J connectivity index is 0.00000256. The SMILES string of the molecule is CCC(N)(Cc1ccccc1)C(N)[N+](=O)[O-].[KH]. The Hall–Kier alpha value is 0.176. The molecule has 90 valence electrons. The van der Waals surface area contributed by atoms with Gasteiger partial charge in [0.1, 0.15) is 5.54 Å². The van der Waals surface area contributed by atoms with E-state index in [9.17, 15) is 10.1 Å². The molecule has 1 aromatic rings. The van der Waals surface area contributed by atoms with Crippen LogP contribution in [-0.2, 0) is 6.42 Å². The van der Waals surface area contributed by atoms with Gasteiger partial charge in [-0.1, -0.05) is 37.3 Å². The van der Waals surface area contributed by atoms with Crippen molar-refractivity contribution >= 4 is 51.4 Å². The fraction of sp³-hybridized carbons (Fsp3) is 0.455. The Bertz CT molecular complexity index is 361. The minimum absolute atomic E-state index is 0. The van der Waals surface area contributed by atoms with E-state index in [4.69, 9.17) is 11.5 Å². The topological polar surface area (TPSA) is 95.2 Å². The number of hydrogen-bond donors (Lipinski definition) is 2. The van der Waals surface area contributed by atoms with E-state index < -0.39 is 16.6 Å². The predicted molar refractivity (Wildman–Crippen MR) is 69.5 cm³/mol. The van der Waals surface area contributed by atoms with E-state index in [0.717, 1.165) is 5.56 Å². The summed E-state index contributed by atoms with van der Waals surface area (Å²) in [5.41, 5.74) is 11.5. The van der Waals surface area contributed by atoms with Crippen molar-refractivity contribution in [3.63, 3.8) is 0 Å². The molecule has 2 atom stereocenters. The zero-order valence-corrected chi connectivity index (χ0v) is 9.30.